The van der Waals surface area contributed by atoms with Crippen LogP contribution in [0, 0.1) is 0 Å². The molecule has 0 fully saturated rings. The Morgan fingerprint density at radius 1 is 1.09 bits per heavy atom. The molecule has 2 aliphatic heterocycles. The van der Waals surface area contributed by atoms with Crippen molar-refractivity contribution in [2.24, 2.45) is 0 Å². The molecule has 0 saturated heterocycles. The van der Waals surface area contributed by atoms with Crippen LogP contribution in [-0.4, -0.2) is 26.6 Å². The van der Waals surface area contributed by atoms with Crippen molar-refractivity contribution in [3.05, 3.63) is 47.5 Å². The molecule has 0 bridgehead atoms. The minimum absolute atomic E-state index is 0.257. The summed E-state index contributed by atoms with van der Waals surface area (Å²) in [6.07, 6.45) is 0.916. The predicted molar refractivity (Wildman–Crippen MR) is 85.4 cm³/mol. The van der Waals surface area contributed by atoms with Crippen molar-refractivity contribution < 1.29 is 18.9 Å². The molecule has 5 nitrogen and oxygen atoms in total. The van der Waals surface area contributed by atoms with Crippen LogP contribution in [-0.2, 0) is 13.0 Å². The maximum atomic E-state index is 5.90. The average molecular weight is 313 g/mol. The molecule has 120 valence electrons. The van der Waals surface area contributed by atoms with E-state index >= 15 is 0 Å². The van der Waals surface area contributed by atoms with Gasteiger partial charge >= 0.3 is 0 Å². The van der Waals surface area contributed by atoms with Crippen molar-refractivity contribution in [2.75, 3.05) is 20.5 Å². The van der Waals surface area contributed by atoms with Gasteiger partial charge in [0.15, 0.2) is 23.0 Å². The first-order chi connectivity index (χ1) is 11.3. The summed E-state index contributed by atoms with van der Waals surface area (Å²) in [4.78, 5) is 0. The number of rotatable bonds is 4. The van der Waals surface area contributed by atoms with E-state index in [1.807, 2.05) is 24.3 Å². The number of para-hydroxylation sites is 2. The minimum Gasteiger partial charge on any atom is -0.493 e. The van der Waals surface area contributed by atoms with Crippen LogP contribution in [0.4, 0.5) is 0 Å². The smallest absolute Gasteiger partial charge is 0.231 e. The fourth-order valence-electron chi connectivity index (χ4n) is 3.07. The molecule has 0 aromatic heterocycles. The van der Waals surface area contributed by atoms with Crippen LogP contribution in [0.1, 0.15) is 11.1 Å². The standard InChI is InChI=1S/C18H19NO4/c1-20-15-6-2-4-12-8-14(10-21-17(12)15)19-9-13-5-3-7-16-18(13)23-11-22-16/h2-7,14,19H,8-11H2,1H3. The van der Waals surface area contributed by atoms with Crippen LogP contribution in [0.25, 0.3) is 0 Å². The molecule has 0 radical (unpaired) electrons. The lowest BCUT2D eigenvalue weighted by atomic mass is 10.0. The van der Waals surface area contributed by atoms with Crippen molar-refractivity contribution in [1.82, 2.24) is 5.32 Å². The maximum absolute atomic E-state index is 5.90. The Kier molecular flexibility index (Phi) is 3.71. The van der Waals surface area contributed by atoms with Gasteiger partial charge in [0, 0.05) is 18.2 Å². The van der Waals surface area contributed by atoms with Crippen molar-refractivity contribution in [3.8, 4) is 23.0 Å². The van der Waals surface area contributed by atoms with E-state index < -0.39 is 0 Å². The summed E-state index contributed by atoms with van der Waals surface area (Å²) in [6, 6.07) is 12.2. The van der Waals surface area contributed by atoms with Crippen molar-refractivity contribution in [1.29, 1.82) is 0 Å². The van der Waals surface area contributed by atoms with Gasteiger partial charge in [0.1, 0.15) is 6.61 Å². The molecule has 2 aromatic rings. The summed E-state index contributed by atoms with van der Waals surface area (Å²) >= 11 is 0. The van der Waals surface area contributed by atoms with Gasteiger partial charge in [0.2, 0.25) is 6.79 Å². The Bertz CT molecular complexity index is 716. The highest BCUT2D eigenvalue weighted by atomic mass is 16.7. The maximum Gasteiger partial charge on any atom is 0.231 e. The van der Waals surface area contributed by atoms with E-state index in [2.05, 4.69) is 17.4 Å². The number of benzene rings is 2. The molecule has 1 unspecified atom stereocenters. The van der Waals surface area contributed by atoms with E-state index in [4.69, 9.17) is 18.9 Å². The van der Waals surface area contributed by atoms with Gasteiger partial charge in [0.25, 0.3) is 0 Å². The third-order valence-electron chi connectivity index (χ3n) is 4.23. The second-order valence-corrected chi connectivity index (χ2v) is 5.69. The molecule has 2 aromatic carbocycles. The van der Waals surface area contributed by atoms with E-state index in [1.165, 1.54) is 5.56 Å². The fourth-order valence-corrected chi connectivity index (χ4v) is 3.07. The Hall–Kier alpha value is -2.40. The summed E-state index contributed by atoms with van der Waals surface area (Å²) in [7, 11) is 1.67. The third-order valence-corrected chi connectivity index (χ3v) is 4.23. The Morgan fingerprint density at radius 2 is 2.00 bits per heavy atom. The number of methoxy groups -OCH3 is 1. The first-order valence-corrected chi connectivity index (χ1v) is 7.74. The van der Waals surface area contributed by atoms with E-state index in [0.717, 1.165) is 41.5 Å². The molecule has 4 rings (SSSR count). The Morgan fingerprint density at radius 3 is 2.91 bits per heavy atom. The number of hydrogen-bond donors (Lipinski definition) is 1. The van der Waals surface area contributed by atoms with Crippen LogP contribution < -0.4 is 24.3 Å². The monoisotopic (exact) mass is 313 g/mol. The Labute approximate surface area is 135 Å². The Balaban J connectivity index is 1.44. The number of fused-ring (bicyclic) bond motifs is 2. The number of ether oxygens (including phenoxy) is 4. The molecule has 0 saturated carbocycles. The van der Waals surface area contributed by atoms with Gasteiger partial charge in [0.05, 0.1) is 7.11 Å². The molecular weight excluding hydrogens is 294 g/mol. The van der Waals surface area contributed by atoms with Crippen LogP contribution in [0.5, 0.6) is 23.0 Å². The zero-order chi connectivity index (χ0) is 15.6. The van der Waals surface area contributed by atoms with Gasteiger partial charge in [-0.3, -0.25) is 0 Å². The SMILES string of the molecule is COc1cccc2c1OCC(NCc1cccc3c1OCO3)C2. The van der Waals surface area contributed by atoms with E-state index in [0.29, 0.717) is 13.4 Å². The van der Waals surface area contributed by atoms with Gasteiger partial charge < -0.3 is 24.3 Å². The normalized spacial score (nSPS) is 18.2. The summed E-state index contributed by atoms with van der Waals surface area (Å²) in [5.41, 5.74) is 2.28. The predicted octanol–water partition coefficient (Wildman–Crippen LogP) is 2.52. The fraction of sp³-hybridized carbons (Fsp3) is 0.333. The zero-order valence-corrected chi connectivity index (χ0v) is 13.0. The molecule has 0 aliphatic carbocycles. The number of nitrogens with one attached hydrogen (secondary N) is 1. The highest BCUT2D eigenvalue weighted by molar-refractivity contribution is 5.49. The molecule has 0 amide bonds. The lowest BCUT2D eigenvalue weighted by Gasteiger charge is -2.27. The van der Waals surface area contributed by atoms with E-state index in [1.54, 1.807) is 7.11 Å². The lowest BCUT2D eigenvalue weighted by molar-refractivity contribution is 0.173. The first kappa shape index (κ1) is 14.2. The lowest BCUT2D eigenvalue weighted by Crippen LogP contribution is -2.39. The second kappa shape index (κ2) is 6.01. The van der Waals surface area contributed by atoms with Crippen LogP contribution in [0.3, 0.4) is 0 Å². The van der Waals surface area contributed by atoms with Gasteiger partial charge in [-0.25, -0.2) is 0 Å². The topological polar surface area (TPSA) is 49.0 Å². The summed E-state index contributed by atoms with van der Waals surface area (Å²) < 4.78 is 22.2. The van der Waals surface area contributed by atoms with Gasteiger partial charge in [-0.2, -0.15) is 0 Å². The van der Waals surface area contributed by atoms with E-state index in [9.17, 15) is 0 Å². The largest absolute Gasteiger partial charge is 0.493 e. The zero-order valence-electron chi connectivity index (χ0n) is 13.0. The van der Waals surface area contributed by atoms with Crippen LogP contribution in [0.2, 0.25) is 0 Å². The first-order valence-electron chi connectivity index (χ1n) is 7.74. The van der Waals surface area contributed by atoms with Gasteiger partial charge in [-0.15, -0.1) is 0 Å². The summed E-state index contributed by atoms with van der Waals surface area (Å²) in [5, 5.41) is 3.54. The molecule has 5 heteroatoms. The molecule has 1 atom stereocenters. The quantitative estimate of drug-likeness (QED) is 0.940. The van der Waals surface area contributed by atoms with E-state index in [-0.39, 0.29) is 6.04 Å². The number of hydrogen-bond acceptors (Lipinski definition) is 5. The van der Waals surface area contributed by atoms with Gasteiger partial charge in [-0.1, -0.05) is 24.3 Å². The molecule has 0 spiro atoms. The average Bonchev–Trinajstić information content (AvgIpc) is 3.08. The molecule has 1 N–H and O–H groups in total. The molecule has 2 heterocycles. The van der Waals surface area contributed by atoms with Crippen molar-refractivity contribution >= 4 is 0 Å². The summed E-state index contributed by atoms with van der Waals surface area (Å²) in [5.74, 6) is 3.33. The summed E-state index contributed by atoms with van der Waals surface area (Å²) in [6.45, 7) is 1.64. The highest BCUT2D eigenvalue weighted by Gasteiger charge is 2.23. The second-order valence-electron chi connectivity index (χ2n) is 5.69. The van der Waals surface area contributed by atoms with Crippen LogP contribution >= 0.6 is 0 Å². The third kappa shape index (κ3) is 2.68. The van der Waals surface area contributed by atoms with Crippen molar-refractivity contribution in [2.45, 2.75) is 19.0 Å². The van der Waals surface area contributed by atoms with Crippen molar-refractivity contribution in [3.63, 3.8) is 0 Å². The van der Waals surface area contributed by atoms with Crippen LogP contribution in [0.15, 0.2) is 36.4 Å². The minimum atomic E-state index is 0.257. The molecular formula is C18H19NO4. The van der Waals surface area contributed by atoms with Gasteiger partial charge in [-0.05, 0) is 24.1 Å². The molecule has 2 aliphatic rings. The highest BCUT2D eigenvalue weighted by Crippen LogP contribution is 2.36. The molecule has 23 heavy (non-hydrogen) atoms.